The van der Waals surface area contributed by atoms with Gasteiger partial charge in [-0.05, 0) is 31.2 Å². The Morgan fingerprint density at radius 3 is 1.94 bits per heavy atom. The molecule has 0 aromatic heterocycles. The highest BCUT2D eigenvalue weighted by molar-refractivity contribution is 5.15. The summed E-state index contributed by atoms with van der Waals surface area (Å²) in [5.74, 6) is 1.11. The molecule has 100 valence electrons. The van der Waals surface area contributed by atoms with Gasteiger partial charge in [-0.15, -0.1) is 0 Å². The maximum absolute atomic E-state index is 6.33. The molecule has 0 bridgehead atoms. The van der Waals surface area contributed by atoms with E-state index in [1.807, 2.05) is 0 Å². The lowest BCUT2D eigenvalue weighted by Crippen LogP contribution is -2.59. The minimum Gasteiger partial charge on any atom is -0.327 e. The van der Waals surface area contributed by atoms with Crippen LogP contribution < -0.4 is 5.73 Å². The quantitative estimate of drug-likeness (QED) is 0.869. The van der Waals surface area contributed by atoms with Gasteiger partial charge in [-0.25, -0.2) is 0 Å². The zero-order valence-electron chi connectivity index (χ0n) is 12.0. The van der Waals surface area contributed by atoms with Gasteiger partial charge in [0, 0.05) is 24.7 Å². The molecule has 0 aliphatic carbocycles. The van der Waals surface area contributed by atoms with Crippen LogP contribution in [0.3, 0.4) is 0 Å². The maximum Gasteiger partial charge on any atom is 0.0239 e. The second-order valence-electron chi connectivity index (χ2n) is 5.93. The van der Waals surface area contributed by atoms with Crippen molar-refractivity contribution in [3.63, 3.8) is 0 Å². The van der Waals surface area contributed by atoms with Gasteiger partial charge in [-0.1, -0.05) is 44.2 Å². The number of hydrogen-bond acceptors (Lipinski definition) is 2. The fraction of sp³-hybridized carbons (Fsp3) is 0.625. The summed E-state index contributed by atoms with van der Waals surface area (Å²) in [5, 5.41) is 0. The van der Waals surface area contributed by atoms with Crippen LogP contribution in [0.15, 0.2) is 30.3 Å². The topological polar surface area (TPSA) is 29.3 Å². The highest BCUT2D eigenvalue weighted by Crippen LogP contribution is 2.32. The van der Waals surface area contributed by atoms with E-state index in [2.05, 4.69) is 62.9 Å². The van der Waals surface area contributed by atoms with Crippen LogP contribution in [0.1, 0.15) is 33.3 Å². The van der Waals surface area contributed by atoms with E-state index < -0.39 is 0 Å². The van der Waals surface area contributed by atoms with Gasteiger partial charge in [0.25, 0.3) is 0 Å². The summed E-state index contributed by atoms with van der Waals surface area (Å²) < 4.78 is 0. The van der Waals surface area contributed by atoms with Crippen molar-refractivity contribution in [2.24, 2.45) is 17.6 Å². The molecular formula is C16H26N2. The van der Waals surface area contributed by atoms with Gasteiger partial charge in [0.15, 0.2) is 0 Å². The van der Waals surface area contributed by atoms with Crippen molar-refractivity contribution in [3.05, 3.63) is 35.9 Å². The van der Waals surface area contributed by atoms with Crippen molar-refractivity contribution in [1.29, 1.82) is 0 Å². The number of piperidine rings is 1. The summed E-state index contributed by atoms with van der Waals surface area (Å²) in [6.07, 6.45) is 0. The Bertz CT molecular complexity index is 360. The average Bonchev–Trinajstić information content (AvgIpc) is 2.40. The summed E-state index contributed by atoms with van der Waals surface area (Å²) >= 11 is 0. The largest absolute Gasteiger partial charge is 0.327 e. The van der Waals surface area contributed by atoms with Gasteiger partial charge in [0.05, 0.1) is 0 Å². The molecule has 18 heavy (non-hydrogen) atoms. The third kappa shape index (κ3) is 2.45. The van der Waals surface area contributed by atoms with Crippen molar-refractivity contribution < 1.29 is 0 Å². The van der Waals surface area contributed by atoms with E-state index >= 15 is 0 Å². The highest BCUT2D eigenvalue weighted by Gasteiger charge is 2.39. The van der Waals surface area contributed by atoms with E-state index in [0.29, 0.717) is 30.0 Å². The van der Waals surface area contributed by atoms with Crippen molar-refractivity contribution in [2.45, 2.75) is 52.4 Å². The van der Waals surface area contributed by atoms with E-state index in [-0.39, 0.29) is 0 Å². The number of nitrogens with zero attached hydrogens (tertiary/aromatic N) is 1. The smallest absolute Gasteiger partial charge is 0.0239 e. The van der Waals surface area contributed by atoms with Crippen LogP contribution in [-0.4, -0.2) is 23.0 Å². The summed E-state index contributed by atoms with van der Waals surface area (Å²) in [7, 11) is 0. The fourth-order valence-electron chi connectivity index (χ4n) is 3.18. The average molecular weight is 246 g/mol. The van der Waals surface area contributed by atoms with Crippen molar-refractivity contribution >= 4 is 0 Å². The SMILES string of the molecule is C[C@@H]1C(N)[C@H](C)[C@@H](C)N(Cc2ccccc2)[C@H]1C. The van der Waals surface area contributed by atoms with E-state index in [9.17, 15) is 0 Å². The van der Waals surface area contributed by atoms with Crippen LogP contribution >= 0.6 is 0 Å². The van der Waals surface area contributed by atoms with E-state index in [1.54, 1.807) is 0 Å². The summed E-state index contributed by atoms with van der Waals surface area (Å²) in [6, 6.07) is 12.2. The number of rotatable bonds is 2. The van der Waals surface area contributed by atoms with Crippen molar-refractivity contribution in [3.8, 4) is 0 Å². The van der Waals surface area contributed by atoms with Crippen LogP contribution in [-0.2, 0) is 6.54 Å². The van der Waals surface area contributed by atoms with Crippen LogP contribution in [0.5, 0.6) is 0 Å². The summed E-state index contributed by atoms with van der Waals surface area (Å²) in [4.78, 5) is 2.61. The lowest BCUT2D eigenvalue weighted by molar-refractivity contribution is 0.00588. The fourth-order valence-corrected chi connectivity index (χ4v) is 3.18. The summed E-state index contributed by atoms with van der Waals surface area (Å²) in [6.45, 7) is 10.2. The lowest BCUT2D eigenvalue weighted by atomic mass is 9.77. The molecule has 1 aliphatic rings. The molecule has 0 amide bonds. The van der Waals surface area contributed by atoms with E-state index in [1.165, 1.54) is 5.56 Å². The predicted octanol–water partition coefficient (Wildman–Crippen LogP) is 2.88. The number of benzene rings is 1. The molecule has 1 aromatic carbocycles. The Hall–Kier alpha value is -0.860. The van der Waals surface area contributed by atoms with Gasteiger partial charge in [-0.3, -0.25) is 4.90 Å². The minimum atomic E-state index is 0.321. The molecule has 2 rings (SSSR count). The van der Waals surface area contributed by atoms with Crippen LogP contribution in [0.4, 0.5) is 0 Å². The first kappa shape index (κ1) is 13.6. The van der Waals surface area contributed by atoms with Crippen LogP contribution in [0.2, 0.25) is 0 Å². The molecule has 5 atom stereocenters. The first-order valence-electron chi connectivity index (χ1n) is 7.07. The lowest BCUT2D eigenvalue weighted by Gasteiger charge is -2.49. The minimum absolute atomic E-state index is 0.321. The Balaban J connectivity index is 2.16. The van der Waals surface area contributed by atoms with Crippen molar-refractivity contribution in [2.75, 3.05) is 0 Å². The molecule has 2 nitrogen and oxygen atoms in total. The number of hydrogen-bond donors (Lipinski definition) is 1. The zero-order chi connectivity index (χ0) is 13.3. The molecular weight excluding hydrogens is 220 g/mol. The second kappa shape index (κ2) is 5.41. The Labute approximate surface area is 111 Å². The molecule has 0 spiro atoms. The Morgan fingerprint density at radius 1 is 0.944 bits per heavy atom. The van der Waals surface area contributed by atoms with Crippen LogP contribution in [0.25, 0.3) is 0 Å². The standard InChI is InChI=1S/C16H26N2/c1-11-13(3)18(14(4)12(2)16(11)17)10-15-8-6-5-7-9-15/h5-9,11-14,16H,10,17H2,1-4H3/t11-,12+,13-,14+,16?. The Morgan fingerprint density at radius 2 is 1.44 bits per heavy atom. The third-order valence-electron chi connectivity index (χ3n) is 4.99. The molecule has 0 radical (unpaired) electrons. The zero-order valence-corrected chi connectivity index (χ0v) is 12.0. The van der Waals surface area contributed by atoms with Gasteiger partial charge >= 0.3 is 0 Å². The molecule has 1 unspecified atom stereocenters. The molecule has 0 saturated carbocycles. The molecule has 2 N–H and O–H groups in total. The van der Waals surface area contributed by atoms with E-state index in [4.69, 9.17) is 5.73 Å². The number of nitrogens with two attached hydrogens (primary N) is 1. The monoisotopic (exact) mass is 246 g/mol. The van der Waals surface area contributed by atoms with Crippen molar-refractivity contribution in [1.82, 2.24) is 4.90 Å². The van der Waals surface area contributed by atoms with Gasteiger partial charge in [0.1, 0.15) is 0 Å². The van der Waals surface area contributed by atoms with Gasteiger partial charge in [-0.2, -0.15) is 0 Å². The normalized spacial score (nSPS) is 37.7. The Kier molecular flexibility index (Phi) is 4.08. The first-order valence-corrected chi connectivity index (χ1v) is 7.07. The van der Waals surface area contributed by atoms with Gasteiger partial charge in [0.2, 0.25) is 0 Å². The first-order chi connectivity index (χ1) is 8.52. The van der Waals surface area contributed by atoms with Gasteiger partial charge < -0.3 is 5.73 Å². The molecule has 1 fully saturated rings. The molecule has 1 aromatic rings. The number of likely N-dealkylation sites (tertiary alicyclic amines) is 1. The predicted molar refractivity (Wildman–Crippen MR) is 77.2 cm³/mol. The summed E-state index contributed by atoms with van der Waals surface area (Å²) in [5.41, 5.74) is 7.73. The highest BCUT2D eigenvalue weighted by atomic mass is 15.2. The molecule has 1 aliphatic heterocycles. The third-order valence-corrected chi connectivity index (χ3v) is 4.99. The van der Waals surface area contributed by atoms with E-state index in [0.717, 1.165) is 6.54 Å². The molecule has 2 heteroatoms. The van der Waals surface area contributed by atoms with Crippen LogP contribution in [0, 0.1) is 11.8 Å². The molecule has 1 saturated heterocycles. The molecule has 1 heterocycles. The maximum atomic E-state index is 6.33. The second-order valence-corrected chi connectivity index (χ2v) is 5.93.